The summed E-state index contributed by atoms with van der Waals surface area (Å²) < 4.78 is 1.62. The van der Waals surface area contributed by atoms with Gasteiger partial charge in [-0.05, 0) is 23.1 Å². The topological polar surface area (TPSA) is 54.0 Å². The van der Waals surface area contributed by atoms with Crippen LogP contribution in [0.4, 0.5) is 0 Å². The lowest BCUT2D eigenvalue weighted by Crippen LogP contribution is -2.13. The van der Waals surface area contributed by atoms with Crippen LogP contribution in [-0.4, -0.2) is 14.6 Å². The molecule has 2 aromatic heterocycles. The zero-order valence-electron chi connectivity index (χ0n) is 15.0. The molecule has 2 heterocycles. The van der Waals surface area contributed by atoms with Crippen LogP contribution in [0.3, 0.4) is 0 Å². The summed E-state index contributed by atoms with van der Waals surface area (Å²) in [4.78, 5) is 4.62. The number of halogens is 1. The van der Waals surface area contributed by atoms with Gasteiger partial charge in [-0.1, -0.05) is 69.6 Å². The number of aromatic nitrogens is 3. The van der Waals surface area contributed by atoms with Crippen LogP contribution < -0.4 is 0 Å². The van der Waals surface area contributed by atoms with E-state index in [1.54, 1.807) is 4.52 Å². The maximum atomic E-state index is 9.77. The first-order chi connectivity index (χ1) is 11.9. The third kappa shape index (κ3) is 3.12. The van der Waals surface area contributed by atoms with Gasteiger partial charge in [0.2, 0.25) is 0 Å². The van der Waals surface area contributed by atoms with Gasteiger partial charge in [0.05, 0.1) is 0 Å². The molecule has 0 amide bonds. The van der Waals surface area contributed by atoms with E-state index in [9.17, 15) is 5.26 Å². The van der Waals surface area contributed by atoms with Crippen LogP contribution in [0.15, 0.2) is 30.3 Å². The molecule has 0 saturated heterocycles. The Morgan fingerprint density at radius 3 is 2.40 bits per heavy atom. The molecule has 0 aliphatic rings. The molecule has 0 unspecified atom stereocenters. The molecular formula is C20H21ClN4. The van der Waals surface area contributed by atoms with E-state index in [0.29, 0.717) is 28.6 Å². The smallest absolute Gasteiger partial charge is 0.175 e. The number of rotatable bonds is 3. The number of hydrogen-bond donors (Lipinski definition) is 0. The van der Waals surface area contributed by atoms with Crippen LogP contribution >= 0.6 is 11.6 Å². The van der Waals surface area contributed by atoms with Gasteiger partial charge >= 0.3 is 0 Å². The third-order valence-electron chi connectivity index (χ3n) is 4.29. The molecule has 0 aliphatic carbocycles. The van der Waals surface area contributed by atoms with E-state index >= 15 is 0 Å². The standard InChI is InChI=1S/C20H21ClN4/c1-5-14-15(11-13-9-7-6-8-10-13)17(21)25-18(16(14)12-22)23-19(24-25)20(2,3)4/h6-10H,5,11H2,1-4H3. The number of benzene rings is 1. The molecule has 5 heteroatoms. The minimum Gasteiger partial charge on any atom is -0.210 e. The summed E-state index contributed by atoms with van der Waals surface area (Å²) in [6.07, 6.45) is 1.39. The predicted molar refractivity (Wildman–Crippen MR) is 100 cm³/mol. The molecule has 1 aromatic carbocycles. The number of pyridine rings is 1. The first-order valence-corrected chi connectivity index (χ1v) is 8.79. The molecule has 25 heavy (non-hydrogen) atoms. The molecule has 0 fully saturated rings. The maximum Gasteiger partial charge on any atom is 0.175 e. The average molecular weight is 353 g/mol. The Morgan fingerprint density at radius 2 is 1.84 bits per heavy atom. The molecule has 3 aromatic rings. The van der Waals surface area contributed by atoms with Crippen molar-refractivity contribution in [2.75, 3.05) is 0 Å². The quantitative estimate of drug-likeness (QED) is 0.642. The Bertz CT molecular complexity index is 960. The first kappa shape index (κ1) is 17.4. The lowest BCUT2D eigenvalue weighted by Gasteiger charge is -2.13. The minimum absolute atomic E-state index is 0.214. The Hall–Kier alpha value is -2.38. The second kappa shape index (κ2) is 6.50. The molecule has 0 bridgehead atoms. The second-order valence-electron chi connectivity index (χ2n) is 7.17. The highest BCUT2D eigenvalue weighted by Crippen LogP contribution is 2.31. The molecule has 0 radical (unpaired) electrons. The van der Waals surface area contributed by atoms with Gasteiger partial charge in [-0.15, -0.1) is 5.10 Å². The van der Waals surface area contributed by atoms with Crippen LogP contribution in [0.5, 0.6) is 0 Å². The van der Waals surface area contributed by atoms with Crippen LogP contribution in [0.25, 0.3) is 5.65 Å². The van der Waals surface area contributed by atoms with Gasteiger partial charge in [0.25, 0.3) is 0 Å². The van der Waals surface area contributed by atoms with Crippen molar-refractivity contribution in [3.8, 4) is 6.07 Å². The van der Waals surface area contributed by atoms with Crippen LogP contribution in [0.1, 0.15) is 55.8 Å². The van der Waals surface area contributed by atoms with Crippen LogP contribution in [-0.2, 0) is 18.3 Å². The molecule has 4 nitrogen and oxygen atoms in total. The zero-order valence-corrected chi connectivity index (χ0v) is 15.7. The van der Waals surface area contributed by atoms with E-state index in [-0.39, 0.29) is 5.41 Å². The van der Waals surface area contributed by atoms with Crippen LogP contribution in [0, 0.1) is 11.3 Å². The van der Waals surface area contributed by atoms with E-state index in [1.165, 1.54) is 0 Å². The summed E-state index contributed by atoms with van der Waals surface area (Å²) in [6, 6.07) is 12.5. The number of fused-ring (bicyclic) bond motifs is 1. The van der Waals surface area contributed by atoms with E-state index in [1.807, 2.05) is 45.9 Å². The summed E-state index contributed by atoms with van der Waals surface area (Å²) in [5, 5.41) is 14.9. The van der Waals surface area contributed by atoms with E-state index in [2.05, 4.69) is 28.3 Å². The van der Waals surface area contributed by atoms with E-state index in [4.69, 9.17) is 11.6 Å². The Kier molecular flexibility index (Phi) is 4.53. The molecule has 0 N–H and O–H groups in total. The fourth-order valence-corrected chi connectivity index (χ4v) is 3.25. The normalized spacial score (nSPS) is 11.7. The summed E-state index contributed by atoms with van der Waals surface area (Å²) in [7, 11) is 0. The van der Waals surface area contributed by atoms with Crippen molar-refractivity contribution in [3.63, 3.8) is 0 Å². The van der Waals surface area contributed by atoms with Crippen molar-refractivity contribution in [1.82, 2.24) is 14.6 Å². The van der Waals surface area contributed by atoms with Crippen molar-refractivity contribution < 1.29 is 0 Å². The van der Waals surface area contributed by atoms with Gasteiger partial charge < -0.3 is 0 Å². The predicted octanol–water partition coefficient (Wildman–Crippen LogP) is 4.71. The highest BCUT2D eigenvalue weighted by atomic mass is 35.5. The Balaban J connectivity index is 2.29. The molecular weight excluding hydrogens is 332 g/mol. The lowest BCUT2D eigenvalue weighted by molar-refractivity contribution is 0.545. The number of nitriles is 1. The summed E-state index contributed by atoms with van der Waals surface area (Å²) in [6.45, 7) is 8.19. The van der Waals surface area contributed by atoms with Crippen molar-refractivity contribution in [3.05, 3.63) is 63.6 Å². The summed E-state index contributed by atoms with van der Waals surface area (Å²) >= 11 is 6.72. The summed E-state index contributed by atoms with van der Waals surface area (Å²) in [5.41, 5.74) is 3.96. The fourth-order valence-electron chi connectivity index (χ4n) is 2.95. The van der Waals surface area contributed by atoms with E-state index in [0.717, 1.165) is 23.1 Å². The van der Waals surface area contributed by atoms with Gasteiger partial charge in [0.1, 0.15) is 16.8 Å². The summed E-state index contributed by atoms with van der Waals surface area (Å²) in [5.74, 6) is 0.685. The van der Waals surface area contributed by atoms with Crippen molar-refractivity contribution in [1.29, 1.82) is 5.26 Å². The first-order valence-electron chi connectivity index (χ1n) is 8.41. The molecule has 0 aliphatic heterocycles. The second-order valence-corrected chi connectivity index (χ2v) is 7.53. The van der Waals surface area contributed by atoms with Crippen molar-refractivity contribution >= 4 is 17.2 Å². The maximum absolute atomic E-state index is 9.77. The van der Waals surface area contributed by atoms with Gasteiger partial charge in [-0.25, -0.2) is 9.50 Å². The van der Waals surface area contributed by atoms with Crippen molar-refractivity contribution in [2.45, 2.75) is 46.0 Å². The van der Waals surface area contributed by atoms with E-state index < -0.39 is 0 Å². The van der Waals surface area contributed by atoms with Gasteiger partial charge in [0, 0.05) is 11.8 Å². The number of hydrogen-bond acceptors (Lipinski definition) is 3. The van der Waals surface area contributed by atoms with Crippen LogP contribution in [0.2, 0.25) is 5.15 Å². The Labute approximate surface area is 153 Å². The highest BCUT2D eigenvalue weighted by molar-refractivity contribution is 6.30. The largest absolute Gasteiger partial charge is 0.210 e. The highest BCUT2D eigenvalue weighted by Gasteiger charge is 2.25. The molecule has 0 spiro atoms. The van der Waals surface area contributed by atoms with Gasteiger partial charge in [-0.2, -0.15) is 5.26 Å². The molecule has 128 valence electrons. The lowest BCUT2D eigenvalue weighted by atomic mass is 9.96. The van der Waals surface area contributed by atoms with Gasteiger partial charge in [0.15, 0.2) is 11.5 Å². The Morgan fingerprint density at radius 1 is 1.16 bits per heavy atom. The zero-order chi connectivity index (χ0) is 18.2. The van der Waals surface area contributed by atoms with Crippen molar-refractivity contribution in [2.24, 2.45) is 0 Å². The SMILES string of the molecule is CCc1c(Cc2ccccc2)c(Cl)n2nc(C(C)(C)C)nc2c1C#N. The number of nitrogens with zero attached hydrogens (tertiary/aromatic N) is 4. The minimum atomic E-state index is -0.214. The molecule has 3 rings (SSSR count). The van der Waals surface area contributed by atoms with Gasteiger partial charge in [-0.3, -0.25) is 0 Å². The monoisotopic (exact) mass is 352 g/mol. The average Bonchev–Trinajstić information content (AvgIpc) is 3.03. The molecule has 0 saturated carbocycles. The third-order valence-corrected chi connectivity index (χ3v) is 4.68. The fraction of sp³-hybridized carbons (Fsp3) is 0.350. The molecule has 0 atom stereocenters.